The second kappa shape index (κ2) is 4.18. The largest absolute Gasteiger partial charge is 0.452 e. The van der Waals surface area contributed by atoms with Crippen LogP contribution < -0.4 is 5.32 Å². The Kier molecular flexibility index (Phi) is 2.73. The standard InChI is InChI=1S/C9H8ClN3O2/c10-8-6(1-4-15-8)9(14)13-5-7-11-2-3-12-7/h1-4H,5H2,(H,11,12)(H,13,14). The van der Waals surface area contributed by atoms with Crippen molar-refractivity contribution in [1.29, 1.82) is 0 Å². The van der Waals surface area contributed by atoms with E-state index in [0.29, 0.717) is 17.9 Å². The lowest BCUT2D eigenvalue weighted by atomic mass is 10.3. The number of halogens is 1. The van der Waals surface area contributed by atoms with E-state index in [-0.39, 0.29) is 11.1 Å². The molecule has 0 radical (unpaired) electrons. The van der Waals surface area contributed by atoms with Gasteiger partial charge in [0.05, 0.1) is 18.4 Å². The summed E-state index contributed by atoms with van der Waals surface area (Å²) >= 11 is 5.64. The molecule has 0 unspecified atom stereocenters. The van der Waals surface area contributed by atoms with Gasteiger partial charge in [-0.25, -0.2) is 4.98 Å². The first-order chi connectivity index (χ1) is 7.27. The molecule has 0 aromatic carbocycles. The SMILES string of the molecule is O=C(NCc1ncc[nH]1)c1ccoc1Cl. The molecule has 0 saturated heterocycles. The molecule has 78 valence electrons. The number of carbonyl (C=O) groups is 1. The molecule has 6 heteroatoms. The van der Waals surface area contributed by atoms with Gasteiger partial charge in [-0.3, -0.25) is 4.79 Å². The van der Waals surface area contributed by atoms with Crippen molar-refractivity contribution in [2.45, 2.75) is 6.54 Å². The van der Waals surface area contributed by atoms with Crippen molar-refractivity contribution >= 4 is 17.5 Å². The maximum atomic E-state index is 11.5. The summed E-state index contributed by atoms with van der Waals surface area (Å²) in [5.41, 5.74) is 0.322. The lowest BCUT2D eigenvalue weighted by molar-refractivity contribution is 0.0949. The monoisotopic (exact) mass is 225 g/mol. The van der Waals surface area contributed by atoms with Gasteiger partial charge in [-0.15, -0.1) is 0 Å². The fraction of sp³-hybridized carbons (Fsp3) is 0.111. The van der Waals surface area contributed by atoms with Crippen molar-refractivity contribution in [2.75, 3.05) is 0 Å². The van der Waals surface area contributed by atoms with Crippen LogP contribution in [-0.2, 0) is 6.54 Å². The molecule has 0 aliphatic rings. The predicted molar refractivity (Wildman–Crippen MR) is 53.5 cm³/mol. The number of nitrogens with one attached hydrogen (secondary N) is 2. The summed E-state index contributed by atoms with van der Waals surface area (Å²) in [6.07, 6.45) is 4.67. The molecule has 5 nitrogen and oxygen atoms in total. The fourth-order valence-corrected chi connectivity index (χ4v) is 1.31. The number of rotatable bonds is 3. The predicted octanol–water partition coefficient (Wildman–Crippen LogP) is 1.59. The molecule has 0 spiro atoms. The van der Waals surface area contributed by atoms with Crippen molar-refractivity contribution in [3.63, 3.8) is 0 Å². The minimum atomic E-state index is -0.287. The molecule has 2 heterocycles. The quantitative estimate of drug-likeness (QED) is 0.833. The van der Waals surface area contributed by atoms with Crippen LogP contribution in [0.2, 0.25) is 5.22 Å². The van der Waals surface area contributed by atoms with E-state index in [1.165, 1.54) is 12.3 Å². The molecule has 2 N–H and O–H groups in total. The molecule has 0 saturated carbocycles. The van der Waals surface area contributed by atoms with Crippen molar-refractivity contribution in [3.8, 4) is 0 Å². The number of aromatic nitrogens is 2. The summed E-state index contributed by atoms with van der Waals surface area (Å²) in [5.74, 6) is 0.396. The highest BCUT2D eigenvalue weighted by atomic mass is 35.5. The third-order valence-corrected chi connectivity index (χ3v) is 2.13. The maximum absolute atomic E-state index is 11.5. The second-order valence-electron chi connectivity index (χ2n) is 2.83. The summed E-state index contributed by atoms with van der Waals surface area (Å²) in [6, 6.07) is 1.51. The zero-order valence-corrected chi connectivity index (χ0v) is 8.41. The van der Waals surface area contributed by atoms with Crippen LogP contribution in [0.5, 0.6) is 0 Å². The summed E-state index contributed by atoms with van der Waals surface area (Å²) in [7, 11) is 0. The van der Waals surface area contributed by atoms with Gasteiger partial charge in [0.25, 0.3) is 5.91 Å². The maximum Gasteiger partial charge on any atom is 0.256 e. The minimum absolute atomic E-state index is 0.0898. The van der Waals surface area contributed by atoms with Gasteiger partial charge >= 0.3 is 0 Å². The first kappa shape index (κ1) is 9.79. The van der Waals surface area contributed by atoms with E-state index in [1.807, 2.05) is 0 Å². The van der Waals surface area contributed by atoms with E-state index in [0.717, 1.165) is 0 Å². The van der Waals surface area contributed by atoms with E-state index in [9.17, 15) is 4.79 Å². The summed E-state index contributed by atoms with van der Waals surface area (Å²) in [5, 5.41) is 2.74. The van der Waals surface area contributed by atoms with Gasteiger partial charge in [-0.1, -0.05) is 0 Å². The van der Waals surface area contributed by atoms with Gasteiger partial charge in [-0.2, -0.15) is 0 Å². The Morgan fingerprint density at radius 1 is 1.67 bits per heavy atom. The molecule has 2 aromatic heterocycles. The van der Waals surface area contributed by atoms with Gasteiger partial charge < -0.3 is 14.7 Å². The molecule has 0 aliphatic heterocycles. The Labute approximate surface area is 90.5 Å². The van der Waals surface area contributed by atoms with Crippen molar-refractivity contribution in [2.24, 2.45) is 0 Å². The van der Waals surface area contributed by atoms with E-state index in [4.69, 9.17) is 16.0 Å². The molecule has 1 amide bonds. The Bertz CT molecular complexity index is 450. The number of hydrogen-bond donors (Lipinski definition) is 2. The molecular formula is C9H8ClN3O2. The van der Waals surface area contributed by atoms with Gasteiger partial charge in [0, 0.05) is 12.4 Å². The number of nitrogens with zero attached hydrogens (tertiary/aromatic N) is 1. The average molecular weight is 226 g/mol. The van der Waals surface area contributed by atoms with Gasteiger partial charge in [0.15, 0.2) is 0 Å². The van der Waals surface area contributed by atoms with E-state index in [2.05, 4.69) is 15.3 Å². The zero-order chi connectivity index (χ0) is 10.7. The van der Waals surface area contributed by atoms with Crippen LogP contribution in [0.15, 0.2) is 29.1 Å². The van der Waals surface area contributed by atoms with E-state index >= 15 is 0 Å². The average Bonchev–Trinajstić information content (AvgIpc) is 2.84. The van der Waals surface area contributed by atoms with Gasteiger partial charge in [0.1, 0.15) is 5.82 Å². The van der Waals surface area contributed by atoms with Crippen LogP contribution >= 0.6 is 11.6 Å². The molecule has 0 bridgehead atoms. The summed E-state index contributed by atoms with van der Waals surface area (Å²) in [6.45, 7) is 0.327. The lowest BCUT2D eigenvalue weighted by Gasteiger charge is -2.00. The Morgan fingerprint density at radius 3 is 3.13 bits per heavy atom. The minimum Gasteiger partial charge on any atom is -0.452 e. The first-order valence-electron chi connectivity index (χ1n) is 4.27. The number of aromatic amines is 1. The third kappa shape index (κ3) is 2.19. The zero-order valence-electron chi connectivity index (χ0n) is 7.66. The number of hydrogen-bond acceptors (Lipinski definition) is 3. The summed E-state index contributed by atoms with van der Waals surface area (Å²) < 4.78 is 4.80. The van der Waals surface area contributed by atoms with Crippen LogP contribution in [0, 0.1) is 0 Å². The molecule has 0 fully saturated rings. The Hall–Kier alpha value is -1.75. The van der Waals surface area contributed by atoms with Crippen LogP contribution in [-0.4, -0.2) is 15.9 Å². The highest BCUT2D eigenvalue weighted by Crippen LogP contribution is 2.16. The number of furan rings is 1. The highest BCUT2D eigenvalue weighted by Gasteiger charge is 2.12. The first-order valence-corrected chi connectivity index (χ1v) is 4.64. The number of amides is 1. The normalized spacial score (nSPS) is 10.2. The summed E-state index contributed by atoms with van der Waals surface area (Å²) in [4.78, 5) is 18.4. The van der Waals surface area contributed by atoms with Crippen LogP contribution in [0.3, 0.4) is 0 Å². The van der Waals surface area contributed by atoms with Crippen LogP contribution in [0.4, 0.5) is 0 Å². The second-order valence-corrected chi connectivity index (χ2v) is 3.17. The van der Waals surface area contributed by atoms with Gasteiger partial charge in [-0.05, 0) is 17.7 Å². The molecule has 2 rings (SSSR count). The Morgan fingerprint density at radius 2 is 2.53 bits per heavy atom. The molecule has 15 heavy (non-hydrogen) atoms. The molecule has 2 aromatic rings. The van der Waals surface area contributed by atoms with E-state index < -0.39 is 0 Å². The number of carbonyl (C=O) groups excluding carboxylic acids is 1. The topological polar surface area (TPSA) is 70.9 Å². The van der Waals surface area contributed by atoms with Crippen molar-refractivity contribution in [1.82, 2.24) is 15.3 Å². The van der Waals surface area contributed by atoms with Crippen LogP contribution in [0.25, 0.3) is 0 Å². The molecular weight excluding hydrogens is 218 g/mol. The smallest absolute Gasteiger partial charge is 0.256 e. The van der Waals surface area contributed by atoms with Gasteiger partial charge in [0.2, 0.25) is 5.22 Å². The van der Waals surface area contributed by atoms with Crippen LogP contribution in [0.1, 0.15) is 16.2 Å². The van der Waals surface area contributed by atoms with Crippen molar-refractivity contribution < 1.29 is 9.21 Å². The fourth-order valence-electron chi connectivity index (χ4n) is 1.11. The molecule has 0 atom stereocenters. The number of imidazole rings is 1. The number of H-pyrrole nitrogens is 1. The molecule has 0 aliphatic carbocycles. The van der Waals surface area contributed by atoms with Crippen molar-refractivity contribution in [3.05, 3.63) is 41.3 Å². The lowest BCUT2D eigenvalue weighted by Crippen LogP contribution is -2.23. The Balaban J connectivity index is 1.96. The van der Waals surface area contributed by atoms with E-state index in [1.54, 1.807) is 12.4 Å². The third-order valence-electron chi connectivity index (χ3n) is 1.83. The highest BCUT2D eigenvalue weighted by molar-refractivity contribution is 6.32.